The van der Waals surface area contributed by atoms with Crippen LogP contribution in [0.1, 0.15) is 42.6 Å². The van der Waals surface area contributed by atoms with Gasteiger partial charge in [-0.3, -0.25) is 9.58 Å². The Morgan fingerprint density at radius 1 is 1.06 bits per heavy atom. The molecule has 7 nitrogen and oxygen atoms in total. The summed E-state index contributed by atoms with van der Waals surface area (Å²) in [5, 5.41) is 12.7. The highest BCUT2D eigenvalue weighted by Gasteiger charge is 2.25. The predicted octanol–water partition coefficient (Wildman–Crippen LogP) is 3.94. The van der Waals surface area contributed by atoms with E-state index in [1.54, 1.807) is 0 Å². The van der Waals surface area contributed by atoms with Crippen molar-refractivity contribution in [2.24, 2.45) is 0 Å². The lowest BCUT2D eigenvalue weighted by Crippen LogP contribution is -2.34. The molecule has 1 aliphatic heterocycles. The molecule has 1 aromatic carbocycles. The summed E-state index contributed by atoms with van der Waals surface area (Å²) in [4.78, 5) is 7.34. The molecule has 0 bridgehead atoms. The van der Waals surface area contributed by atoms with Crippen molar-refractivity contribution in [3.8, 4) is 0 Å². The second-order valence-corrected chi connectivity index (χ2v) is 8.31. The van der Waals surface area contributed by atoms with Crippen LogP contribution in [0.2, 0.25) is 0 Å². The van der Waals surface area contributed by atoms with Crippen LogP contribution in [0.3, 0.4) is 0 Å². The van der Waals surface area contributed by atoms with Gasteiger partial charge >= 0.3 is 0 Å². The number of anilines is 1. The zero-order chi connectivity index (χ0) is 21.0. The number of likely N-dealkylation sites (tertiary alicyclic amines) is 1. The summed E-state index contributed by atoms with van der Waals surface area (Å²) in [7, 11) is 0. The largest absolute Gasteiger partial charge is 0.380 e. The fraction of sp³-hybridized carbons (Fsp3) is 0.375. The molecule has 4 heterocycles. The van der Waals surface area contributed by atoms with Crippen LogP contribution in [0.25, 0.3) is 5.65 Å². The lowest BCUT2D eigenvalue weighted by Gasteiger charge is -2.30. The normalized spacial score (nSPS) is 17.3. The monoisotopic (exact) mass is 415 g/mol. The van der Waals surface area contributed by atoms with Crippen molar-refractivity contribution in [1.82, 2.24) is 29.3 Å². The van der Waals surface area contributed by atoms with Crippen molar-refractivity contribution in [3.63, 3.8) is 0 Å². The zero-order valence-corrected chi connectivity index (χ0v) is 18.0. The molecule has 0 saturated carbocycles. The van der Waals surface area contributed by atoms with Crippen molar-refractivity contribution < 1.29 is 0 Å². The number of piperidine rings is 1. The molecule has 0 radical (unpaired) electrons. The second-order valence-electron chi connectivity index (χ2n) is 8.31. The van der Waals surface area contributed by atoms with Crippen LogP contribution < -0.4 is 5.32 Å². The van der Waals surface area contributed by atoms with E-state index in [4.69, 9.17) is 10.1 Å². The smallest absolute Gasteiger partial charge is 0.156 e. The summed E-state index contributed by atoms with van der Waals surface area (Å²) in [6.45, 7) is 6.88. The number of nitrogens with one attached hydrogen (secondary N) is 1. The van der Waals surface area contributed by atoms with E-state index >= 15 is 0 Å². The first kappa shape index (κ1) is 19.8. The van der Waals surface area contributed by atoms with Crippen LogP contribution >= 0.6 is 0 Å². The number of benzene rings is 1. The first-order valence-corrected chi connectivity index (χ1v) is 11.1. The van der Waals surface area contributed by atoms with E-state index in [2.05, 4.69) is 58.8 Å². The fourth-order valence-corrected chi connectivity index (χ4v) is 4.31. The third-order valence-electron chi connectivity index (χ3n) is 5.97. The van der Waals surface area contributed by atoms with Gasteiger partial charge < -0.3 is 5.32 Å². The number of nitrogens with zero attached hydrogens (tertiary/aromatic N) is 6. The Kier molecular flexibility index (Phi) is 5.67. The SMILES string of the molecule is CCn1cc(CN2CCCC(c3nc4ccc(NCc5ccccc5)cn4n3)C2)cn1. The quantitative estimate of drug-likeness (QED) is 0.495. The van der Waals surface area contributed by atoms with Crippen LogP contribution in [-0.2, 0) is 19.6 Å². The van der Waals surface area contributed by atoms with Crippen molar-refractivity contribution in [1.29, 1.82) is 0 Å². The van der Waals surface area contributed by atoms with Gasteiger partial charge in [-0.2, -0.15) is 10.2 Å². The maximum absolute atomic E-state index is 4.84. The van der Waals surface area contributed by atoms with E-state index in [0.717, 1.165) is 56.3 Å². The highest BCUT2D eigenvalue weighted by atomic mass is 15.3. The molecule has 1 N–H and O–H groups in total. The molecule has 0 aliphatic carbocycles. The van der Waals surface area contributed by atoms with Crippen molar-refractivity contribution in [3.05, 3.63) is 78.0 Å². The van der Waals surface area contributed by atoms with E-state index in [1.165, 1.54) is 17.5 Å². The Hall–Kier alpha value is -3.19. The molecule has 4 aromatic rings. The minimum Gasteiger partial charge on any atom is -0.380 e. The van der Waals surface area contributed by atoms with Gasteiger partial charge in [0, 0.05) is 43.9 Å². The van der Waals surface area contributed by atoms with E-state index in [9.17, 15) is 0 Å². The Morgan fingerprint density at radius 2 is 1.97 bits per heavy atom. The fourth-order valence-electron chi connectivity index (χ4n) is 4.31. The molecule has 160 valence electrons. The van der Waals surface area contributed by atoms with Crippen molar-refractivity contribution >= 4 is 11.3 Å². The molecule has 1 aliphatic rings. The molecule has 1 unspecified atom stereocenters. The zero-order valence-electron chi connectivity index (χ0n) is 18.0. The number of hydrogen-bond donors (Lipinski definition) is 1. The van der Waals surface area contributed by atoms with Gasteiger partial charge in [0.05, 0.1) is 18.1 Å². The minimum absolute atomic E-state index is 0.371. The molecule has 1 saturated heterocycles. The van der Waals surface area contributed by atoms with Crippen LogP contribution in [0.4, 0.5) is 5.69 Å². The number of hydrogen-bond acceptors (Lipinski definition) is 5. The number of aromatic nitrogens is 5. The third-order valence-corrected chi connectivity index (χ3v) is 5.97. The molecular formula is C24H29N7. The van der Waals surface area contributed by atoms with Gasteiger partial charge in [0.25, 0.3) is 0 Å². The third kappa shape index (κ3) is 4.61. The first-order chi connectivity index (χ1) is 15.3. The van der Waals surface area contributed by atoms with Gasteiger partial charge in [-0.15, -0.1) is 0 Å². The predicted molar refractivity (Wildman–Crippen MR) is 122 cm³/mol. The Bertz CT molecular complexity index is 1130. The first-order valence-electron chi connectivity index (χ1n) is 11.1. The molecule has 3 aromatic heterocycles. The summed E-state index contributed by atoms with van der Waals surface area (Å²) in [6.07, 6.45) is 8.48. The van der Waals surface area contributed by atoms with Crippen LogP contribution in [0.5, 0.6) is 0 Å². The lowest BCUT2D eigenvalue weighted by atomic mass is 9.97. The van der Waals surface area contributed by atoms with Gasteiger partial charge in [-0.25, -0.2) is 9.50 Å². The number of pyridine rings is 1. The Morgan fingerprint density at radius 3 is 2.81 bits per heavy atom. The molecule has 7 heteroatoms. The Labute approximate surface area is 182 Å². The summed E-state index contributed by atoms with van der Waals surface area (Å²) in [5.74, 6) is 1.32. The topological polar surface area (TPSA) is 63.3 Å². The molecule has 1 fully saturated rings. The summed E-state index contributed by atoms with van der Waals surface area (Å²) >= 11 is 0. The summed E-state index contributed by atoms with van der Waals surface area (Å²) < 4.78 is 3.90. The standard InChI is InChI=1S/C24H29N7/c1-2-30-16-20(14-26-30)15-29-12-6-9-21(17-29)24-27-23-11-10-22(18-31(23)28-24)25-13-19-7-4-3-5-8-19/h3-5,7-8,10-11,14,16,18,21,25H,2,6,9,12-13,15,17H2,1H3. The van der Waals surface area contributed by atoms with Gasteiger partial charge in [-0.1, -0.05) is 30.3 Å². The summed E-state index contributed by atoms with van der Waals surface area (Å²) in [6, 6.07) is 14.5. The van der Waals surface area contributed by atoms with Crippen LogP contribution in [0.15, 0.2) is 61.1 Å². The minimum atomic E-state index is 0.371. The molecule has 1 atom stereocenters. The van der Waals surface area contributed by atoms with Gasteiger partial charge in [-0.05, 0) is 44.0 Å². The molecule has 31 heavy (non-hydrogen) atoms. The van der Waals surface area contributed by atoms with E-state index in [-0.39, 0.29) is 0 Å². The van der Waals surface area contributed by atoms with E-state index < -0.39 is 0 Å². The number of fused-ring (bicyclic) bond motifs is 1. The average molecular weight is 416 g/mol. The molecular weight excluding hydrogens is 386 g/mol. The van der Waals surface area contributed by atoms with E-state index in [0.29, 0.717) is 5.92 Å². The van der Waals surface area contributed by atoms with Crippen molar-refractivity contribution in [2.45, 2.75) is 45.3 Å². The van der Waals surface area contributed by atoms with Crippen molar-refractivity contribution in [2.75, 3.05) is 18.4 Å². The molecule has 0 spiro atoms. The highest BCUT2D eigenvalue weighted by Crippen LogP contribution is 2.26. The second kappa shape index (κ2) is 8.89. The lowest BCUT2D eigenvalue weighted by molar-refractivity contribution is 0.196. The van der Waals surface area contributed by atoms with Crippen LogP contribution in [-0.4, -0.2) is 42.4 Å². The maximum Gasteiger partial charge on any atom is 0.156 e. The molecule has 5 rings (SSSR count). The Balaban J connectivity index is 1.26. The van der Waals surface area contributed by atoms with Gasteiger partial charge in [0.15, 0.2) is 11.5 Å². The summed E-state index contributed by atoms with van der Waals surface area (Å²) in [5.41, 5.74) is 4.49. The van der Waals surface area contributed by atoms with E-state index in [1.807, 2.05) is 33.7 Å². The number of rotatable bonds is 7. The van der Waals surface area contributed by atoms with Gasteiger partial charge in [0.2, 0.25) is 0 Å². The van der Waals surface area contributed by atoms with Gasteiger partial charge in [0.1, 0.15) is 0 Å². The average Bonchev–Trinajstić information content (AvgIpc) is 3.45. The maximum atomic E-state index is 4.84. The number of aryl methyl sites for hydroxylation is 1. The van der Waals surface area contributed by atoms with Crippen LogP contribution in [0, 0.1) is 0 Å². The molecule has 0 amide bonds. The highest BCUT2D eigenvalue weighted by molar-refractivity contribution is 5.49.